The third-order valence-corrected chi connectivity index (χ3v) is 2.58. The molecule has 0 aliphatic rings. The summed E-state index contributed by atoms with van der Waals surface area (Å²) in [4.78, 5) is 8.33. The lowest BCUT2D eigenvalue weighted by atomic mass is 10.1. The van der Waals surface area contributed by atoms with Crippen LogP contribution >= 0.6 is 0 Å². The molecule has 2 aromatic rings. The average Bonchev–Trinajstić information content (AvgIpc) is 2.89. The van der Waals surface area contributed by atoms with E-state index in [4.69, 9.17) is 4.74 Å². The Morgan fingerprint density at radius 2 is 2.12 bits per heavy atom. The molecular weight excluding hydrogens is 214 g/mol. The smallest absolute Gasteiger partial charge is 0.118 e. The number of methoxy groups -OCH3 is 1. The van der Waals surface area contributed by atoms with E-state index in [2.05, 4.69) is 9.98 Å². The molecule has 0 aliphatic carbocycles. The Bertz CT molecular complexity index is 486. The van der Waals surface area contributed by atoms with Crippen LogP contribution in [-0.4, -0.2) is 29.4 Å². The first-order chi connectivity index (χ1) is 8.33. The Labute approximate surface area is 101 Å². The van der Waals surface area contributed by atoms with E-state index in [-0.39, 0.29) is 0 Å². The zero-order valence-electron chi connectivity index (χ0n) is 10.00. The predicted octanol–water partition coefficient (Wildman–Crippen LogP) is 2.01. The molecule has 0 radical (unpaired) electrons. The van der Waals surface area contributed by atoms with Gasteiger partial charge in [0.25, 0.3) is 0 Å². The van der Waals surface area contributed by atoms with Crippen LogP contribution in [0.25, 0.3) is 0 Å². The third kappa shape index (κ3) is 2.72. The predicted molar refractivity (Wildman–Crippen MR) is 67.7 cm³/mol. The van der Waals surface area contributed by atoms with Crippen molar-refractivity contribution in [2.75, 3.05) is 14.2 Å². The van der Waals surface area contributed by atoms with Gasteiger partial charge in [-0.3, -0.25) is 4.99 Å². The monoisotopic (exact) mass is 229 g/mol. The first-order valence-electron chi connectivity index (χ1n) is 5.39. The van der Waals surface area contributed by atoms with E-state index in [0.717, 1.165) is 23.6 Å². The van der Waals surface area contributed by atoms with Crippen LogP contribution in [0.5, 0.6) is 5.75 Å². The highest BCUT2D eigenvalue weighted by atomic mass is 16.5. The second-order valence-electron chi connectivity index (χ2n) is 3.63. The molecule has 0 aliphatic heterocycles. The van der Waals surface area contributed by atoms with Gasteiger partial charge in [-0.25, -0.2) is 4.98 Å². The SMILES string of the molecule is CN=C(Cn1ccnc1)c1ccc(OC)cc1. The normalized spacial score (nSPS) is 11.5. The molecule has 0 unspecified atom stereocenters. The van der Waals surface area contributed by atoms with Crippen molar-refractivity contribution >= 4 is 5.71 Å². The molecule has 88 valence electrons. The lowest BCUT2D eigenvalue weighted by molar-refractivity contribution is 0.415. The zero-order valence-corrected chi connectivity index (χ0v) is 10.00. The molecule has 0 saturated heterocycles. The van der Waals surface area contributed by atoms with Crippen molar-refractivity contribution in [3.8, 4) is 5.75 Å². The Hall–Kier alpha value is -2.10. The van der Waals surface area contributed by atoms with Crippen molar-refractivity contribution in [2.45, 2.75) is 6.54 Å². The molecule has 0 N–H and O–H groups in total. The number of nitrogens with zero attached hydrogens (tertiary/aromatic N) is 3. The third-order valence-electron chi connectivity index (χ3n) is 2.58. The summed E-state index contributed by atoms with van der Waals surface area (Å²) in [5.74, 6) is 0.854. The molecule has 4 nitrogen and oxygen atoms in total. The number of hydrogen-bond acceptors (Lipinski definition) is 3. The Morgan fingerprint density at radius 1 is 1.35 bits per heavy atom. The molecule has 4 heteroatoms. The van der Waals surface area contributed by atoms with E-state index in [0.29, 0.717) is 0 Å². The molecule has 1 aromatic heterocycles. The number of ether oxygens (including phenoxy) is 1. The summed E-state index contributed by atoms with van der Waals surface area (Å²) in [6, 6.07) is 7.90. The van der Waals surface area contributed by atoms with Gasteiger partial charge in [-0.15, -0.1) is 0 Å². The van der Waals surface area contributed by atoms with Crippen LogP contribution in [0, 0.1) is 0 Å². The number of benzene rings is 1. The van der Waals surface area contributed by atoms with Gasteiger partial charge in [0.05, 0.1) is 25.7 Å². The fourth-order valence-corrected chi connectivity index (χ4v) is 1.63. The highest BCUT2D eigenvalue weighted by molar-refractivity contribution is 6.00. The maximum Gasteiger partial charge on any atom is 0.118 e. The van der Waals surface area contributed by atoms with Crippen molar-refractivity contribution in [2.24, 2.45) is 4.99 Å². The molecule has 2 rings (SSSR count). The standard InChI is InChI=1S/C13H15N3O/c1-14-13(9-16-8-7-15-10-16)11-3-5-12(17-2)6-4-11/h3-8,10H,9H2,1-2H3. The number of aromatic nitrogens is 2. The lowest BCUT2D eigenvalue weighted by Gasteiger charge is -2.07. The van der Waals surface area contributed by atoms with Gasteiger partial charge in [0.2, 0.25) is 0 Å². The first kappa shape index (κ1) is 11.4. The first-order valence-corrected chi connectivity index (χ1v) is 5.39. The van der Waals surface area contributed by atoms with Gasteiger partial charge in [-0.05, 0) is 29.8 Å². The van der Waals surface area contributed by atoms with Crippen LogP contribution in [0.3, 0.4) is 0 Å². The van der Waals surface area contributed by atoms with Gasteiger partial charge < -0.3 is 9.30 Å². The van der Waals surface area contributed by atoms with Crippen molar-refractivity contribution in [1.82, 2.24) is 9.55 Å². The number of rotatable bonds is 4. The van der Waals surface area contributed by atoms with Crippen molar-refractivity contribution in [3.63, 3.8) is 0 Å². The molecule has 0 spiro atoms. The molecule has 0 fully saturated rings. The van der Waals surface area contributed by atoms with E-state index in [9.17, 15) is 0 Å². The van der Waals surface area contributed by atoms with Gasteiger partial charge in [0.15, 0.2) is 0 Å². The second-order valence-corrected chi connectivity index (χ2v) is 3.63. The maximum absolute atomic E-state index is 5.13. The van der Waals surface area contributed by atoms with E-state index in [1.54, 1.807) is 26.7 Å². The van der Waals surface area contributed by atoms with Crippen LogP contribution in [0.1, 0.15) is 5.56 Å². The minimum Gasteiger partial charge on any atom is -0.497 e. The molecular formula is C13H15N3O. The van der Waals surface area contributed by atoms with E-state index in [1.165, 1.54) is 0 Å². The van der Waals surface area contributed by atoms with Crippen molar-refractivity contribution in [3.05, 3.63) is 48.5 Å². The van der Waals surface area contributed by atoms with Crippen molar-refractivity contribution < 1.29 is 4.74 Å². The molecule has 1 aromatic carbocycles. The van der Waals surface area contributed by atoms with Gasteiger partial charge in [-0.2, -0.15) is 0 Å². The number of imidazole rings is 1. The zero-order chi connectivity index (χ0) is 12.1. The Morgan fingerprint density at radius 3 is 2.65 bits per heavy atom. The minimum absolute atomic E-state index is 0.725. The Kier molecular flexibility index (Phi) is 3.55. The summed E-state index contributed by atoms with van der Waals surface area (Å²) in [5.41, 5.74) is 2.12. The van der Waals surface area contributed by atoms with E-state index in [1.807, 2.05) is 35.0 Å². The average molecular weight is 229 g/mol. The van der Waals surface area contributed by atoms with E-state index < -0.39 is 0 Å². The molecule has 0 saturated carbocycles. The van der Waals surface area contributed by atoms with E-state index >= 15 is 0 Å². The lowest BCUT2D eigenvalue weighted by Crippen LogP contribution is -2.10. The van der Waals surface area contributed by atoms with Gasteiger partial charge >= 0.3 is 0 Å². The molecule has 1 heterocycles. The minimum atomic E-state index is 0.725. The maximum atomic E-state index is 5.13. The quantitative estimate of drug-likeness (QED) is 0.752. The van der Waals surface area contributed by atoms with Gasteiger partial charge in [-0.1, -0.05) is 0 Å². The summed E-state index contributed by atoms with van der Waals surface area (Å²) in [7, 11) is 3.46. The topological polar surface area (TPSA) is 39.4 Å². The highest BCUT2D eigenvalue weighted by Gasteiger charge is 2.03. The number of hydrogen-bond donors (Lipinski definition) is 0. The Balaban J connectivity index is 2.18. The molecule has 0 atom stereocenters. The largest absolute Gasteiger partial charge is 0.497 e. The van der Waals surface area contributed by atoms with Crippen LogP contribution in [0.2, 0.25) is 0 Å². The fraction of sp³-hybridized carbons (Fsp3) is 0.231. The fourth-order valence-electron chi connectivity index (χ4n) is 1.63. The molecule has 17 heavy (non-hydrogen) atoms. The number of aliphatic imine (C=N–C) groups is 1. The van der Waals surface area contributed by atoms with Crippen LogP contribution in [0.4, 0.5) is 0 Å². The van der Waals surface area contributed by atoms with Crippen molar-refractivity contribution in [1.29, 1.82) is 0 Å². The highest BCUT2D eigenvalue weighted by Crippen LogP contribution is 2.12. The van der Waals surface area contributed by atoms with Gasteiger partial charge in [0, 0.05) is 19.4 Å². The summed E-state index contributed by atoms with van der Waals surface area (Å²) >= 11 is 0. The molecule has 0 amide bonds. The molecule has 0 bridgehead atoms. The van der Waals surface area contributed by atoms with Crippen LogP contribution in [-0.2, 0) is 6.54 Å². The summed E-state index contributed by atoms with van der Waals surface area (Å²) in [6.45, 7) is 0.725. The van der Waals surface area contributed by atoms with Gasteiger partial charge in [0.1, 0.15) is 5.75 Å². The van der Waals surface area contributed by atoms with Crippen LogP contribution < -0.4 is 4.74 Å². The second kappa shape index (κ2) is 5.30. The van der Waals surface area contributed by atoms with Crippen LogP contribution in [0.15, 0.2) is 48.0 Å². The summed E-state index contributed by atoms with van der Waals surface area (Å²) in [5, 5.41) is 0. The summed E-state index contributed by atoms with van der Waals surface area (Å²) in [6.07, 6.45) is 5.48. The summed E-state index contributed by atoms with van der Waals surface area (Å²) < 4.78 is 7.13.